The van der Waals surface area contributed by atoms with Crippen LogP contribution in [0.3, 0.4) is 0 Å². The molecule has 0 bridgehead atoms. The van der Waals surface area contributed by atoms with Crippen LogP contribution < -0.4 is 4.74 Å². The fourth-order valence-corrected chi connectivity index (χ4v) is 1.94. The van der Waals surface area contributed by atoms with Gasteiger partial charge in [0.2, 0.25) is 5.88 Å². The Labute approximate surface area is 117 Å². The summed E-state index contributed by atoms with van der Waals surface area (Å²) in [6, 6.07) is 1.17. The normalized spacial score (nSPS) is 9.95. The lowest BCUT2D eigenvalue weighted by Crippen LogP contribution is -2.15. The van der Waals surface area contributed by atoms with Crippen LogP contribution in [-0.2, 0) is 9.59 Å². The topological polar surface area (TPSA) is 116 Å². The summed E-state index contributed by atoms with van der Waals surface area (Å²) < 4.78 is 4.81. The predicted molar refractivity (Wildman–Crippen MR) is 68.1 cm³/mol. The number of thioether (sulfide) groups is 1. The molecule has 0 aliphatic heterocycles. The molecular weight excluding hydrogens is 288 g/mol. The molecule has 9 heteroatoms. The largest absolute Gasteiger partial charge is 0.479 e. The monoisotopic (exact) mass is 298 g/mol. The average Bonchev–Trinajstić information content (AvgIpc) is 2.30. The molecule has 0 fully saturated rings. The lowest BCUT2D eigenvalue weighted by atomic mass is 10.2. The molecule has 0 radical (unpaired) electrons. The van der Waals surface area contributed by atoms with Gasteiger partial charge in [-0.1, -0.05) is 0 Å². The molecule has 20 heavy (non-hydrogen) atoms. The van der Waals surface area contributed by atoms with Gasteiger partial charge in [-0.25, -0.2) is 9.78 Å². The van der Waals surface area contributed by atoms with Crippen LogP contribution in [0.4, 0.5) is 0 Å². The lowest BCUT2D eigenvalue weighted by molar-refractivity contribution is -0.375. The summed E-state index contributed by atoms with van der Waals surface area (Å²) in [4.78, 5) is 46.8. The van der Waals surface area contributed by atoms with Crippen molar-refractivity contribution in [2.24, 2.45) is 0 Å². The number of hydrogen-bond donors (Lipinski definition) is 0. The number of aryl methyl sites for hydroxylation is 1. The second-order valence-electron chi connectivity index (χ2n) is 3.71. The highest BCUT2D eigenvalue weighted by Crippen LogP contribution is 2.27. The summed E-state index contributed by atoms with van der Waals surface area (Å²) in [5.41, 5.74) is -0.0399. The molecule has 1 amide bonds. The Morgan fingerprint density at radius 2 is 1.95 bits per heavy atom. The summed E-state index contributed by atoms with van der Waals surface area (Å²) in [6.07, 6.45) is 0. The van der Waals surface area contributed by atoms with Crippen LogP contribution in [0, 0.1) is 17.0 Å². The zero-order valence-corrected chi connectivity index (χ0v) is 11.6. The summed E-state index contributed by atoms with van der Waals surface area (Å²) in [6.45, 7) is 3.86. The Kier molecular flexibility index (Phi) is 4.92. The molecule has 0 aliphatic carbocycles. The van der Waals surface area contributed by atoms with E-state index in [9.17, 15) is 24.5 Å². The lowest BCUT2D eigenvalue weighted by Gasteiger charge is -2.08. The highest BCUT2D eigenvalue weighted by atomic mass is 32.2. The van der Waals surface area contributed by atoms with E-state index in [-0.39, 0.29) is 22.0 Å². The molecule has 0 unspecified atom stereocenters. The highest BCUT2D eigenvalue weighted by Gasteiger charge is 2.26. The Morgan fingerprint density at radius 1 is 1.35 bits per heavy atom. The van der Waals surface area contributed by atoms with Gasteiger partial charge in [0.15, 0.2) is 5.12 Å². The van der Waals surface area contributed by atoms with E-state index in [1.807, 2.05) is 0 Å². The standard InChI is InChI=1S/C11H10N2O6S/c1-5-4-8(11(16)13(17)18)10(20-7(3)15)12-9(5)19-6(2)14/h4H,1-3H3. The molecule has 1 heterocycles. The van der Waals surface area contributed by atoms with Gasteiger partial charge in [-0.15, -0.1) is 0 Å². The maximum atomic E-state index is 11.5. The molecule has 0 N–H and O–H groups in total. The summed E-state index contributed by atoms with van der Waals surface area (Å²) in [7, 11) is 0. The highest BCUT2D eigenvalue weighted by molar-refractivity contribution is 8.13. The number of carbonyl (C=O) groups is 3. The molecule has 0 spiro atoms. The fraction of sp³-hybridized carbons (Fsp3) is 0.273. The molecule has 106 valence electrons. The van der Waals surface area contributed by atoms with Crippen molar-refractivity contribution in [3.05, 3.63) is 27.3 Å². The minimum Gasteiger partial charge on any atom is -0.407 e. The van der Waals surface area contributed by atoms with Gasteiger partial charge >= 0.3 is 11.9 Å². The van der Waals surface area contributed by atoms with Crippen molar-refractivity contribution in [1.82, 2.24) is 4.98 Å². The Morgan fingerprint density at radius 3 is 2.40 bits per heavy atom. The molecule has 1 rings (SSSR count). The van der Waals surface area contributed by atoms with Crippen LogP contribution in [0.5, 0.6) is 5.88 Å². The average molecular weight is 298 g/mol. The van der Waals surface area contributed by atoms with Crippen LogP contribution in [0.2, 0.25) is 0 Å². The smallest absolute Gasteiger partial charge is 0.407 e. The fourth-order valence-electron chi connectivity index (χ4n) is 1.29. The first-order valence-electron chi connectivity index (χ1n) is 5.29. The number of hydrogen-bond acceptors (Lipinski definition) is 8. The van der Waals surface area contributed by atoms with E-state index >= 15 is 0 Å². The van der Waals surface area contributed by atoms with E-state index in [4.69, 9.17) is 4.74 Å². The van der Waals surface area contributed by atoms with Gasteiger partial charge in [-0.05, 0) is 24.8 Å². The minimum absolute atomic E-state index is 0.0962. The Hall–Kier alpha value is -2.29. The molecule has 8 nitrogen and oxygen atoms in total. The van der Waals surface area contributed by atoms with Crippen LogP contribution in [0.25, 0.3) is 0 Å². The first-order chi connectivity index (χ1) is 9.22. The molecular formula is C11H10N2O6S. The molecule has 0 atom stereocenters. The van der Waals surface area contributed by atoms with Crippen molar-refractivity contribution in [3.63, 3.8) is 0 Å². The number of nitrogens with zero attached hydrogens (tertiary/aromatic N) is 2. The van der Waals surface area contributed by atoms with Crippen molar-refractivity contribution in [1.29, 1.82) is 0 Å². The van der Waals surface area contributed by atoms with E-state index in [0.29, 0.717) is 11.8 Å². The maximum Gasteiger partial charge on any atom is 0.479 e. The van der Waals surface area contributed by atoms with Crippen molar-refractivity contribution < 1.29 is 24.0 Å². The number of carbonyl (C=O) groups excluding carboxylic acids is 3. The SMILES string of the molecule is CC(=O)Oc1nc(SC(C)=O)c(C(=O)[N+](=O)[O-])cc1C. The summed E-state index contributed by atoms with van der Waals surface area (Å²) >= 11 is 0.554. The first-order valence-corrected chi connectivity index (χ1v) is 6.11. The van der Waals surface area contributed by atoms with Gasteiger partial charge < -0.3 is 4.74 Å². The van der Waals surface area contributed by atoms with Crippen LogP contribution in [0.1, 0.15) is 29.8 Å². The van der Waals surface area contributed by atoms with Crippen LogP contribution in [0.15, 0.2) is 11.1 Å². The second-order valence-corrected chi connectivity index (χ2v) is 4.88. The van der Waals surface area contributed by atoms with Crippen molar-refractivity contribution in [2.45, 2.75) is 25.8 Å². The molecule has 1 aromatic heterocycles. The van der Waals surface area contributed by atoms with E-state index in [0.717, 1.165) is 6.92 Å². The second kappa shape index (κ2) is 6.24. The first kappa shape index (κ1) is 15.8. The van der Waals surface area contributed by atoms with Gasteiger partial charge in [-0.3, -0.25) is 19.7 Å². The third-order valence-corrected chi connectivity index (χ3v) is 2.80. The van der Waals surface area contributed by atoms with Crippen molar-refractivity contribution in [3.8, 4) is 5.88 Å². The Bertz CT molecular complexity index is 613. The number of esters is 1. The van der Waals surface area contributed by atoms with Crippen molar-refractivity contribution >= 4 is 28.8 Å². The van der Waals surface area contributed by atoms with E-state index in [1.54, 1.807) is 0 Å². The molecule has 0 saturated heterocycles. The van der Waals surface area contributed by atoms with Crippen LogP contribution in [-0.4, -0.2) is 26.9 Å². The van der Waals surface area contributed by atoms with Crippen molar-refractivity contribution in [2.75, 3.05) is 0 Å². The minimum atomic E-state index is -1.38. The molecule has 0 aromatic carbocycles. The quantitative estimate of drug-likeness (QED) is 0.355. The molecule has 0 saturated carbocycles. The van der Waals surface area contributed by atoms with Gasteiger partial charge in [0.1, 0.15) is 15.5 Å². The predicted octanol–water partition coefficient (Wildman–Crippen LogP) is 1.37. The van der Waals surface area contributed by atoms with Gasteiger partial charge in [0, 0.05) is 19.4 Å². The number of nitro groups is 1. The van der Waals surface area contributed by atoms with Gasteiger partial charge in [0.05, 0.1) is 0 Å². The third-order valence-electron chi connectivity index (χ3n) is 2.01. The number of ether oxygens (including phenoxy) is 1. The maximum absolute atomic E-state index is 11.5. The third kappa shape index (κ3) is 3.85. The zero-order valence-electron chi connectivity index (χ0n) is 10.8. The van der Waals surface area contributed by atoms with Gasteiger partial charge in [0.25, 0.3) is 0 Å². The van der Waals surface area contributed by atoms with E-state index in [1.165, 1.54) is 19.9 Å². The Balaban J connectivity index is 3.39. The van der Waals surface area contributed by atoms with E-state index in [2.05, 4.69) is 4.98 Å². The number of rotatable bonds is 3. The number of pyridine rings is 1. The number of aromatic nitrogens is 1. The zero-order chi connectivity index (χ0) is 15.4. The summed E-state index contributed by atoms with van der Waals surface area (Å²) in [5, 5.41) is 9.99. The summed E-state index contributed by atoms with van der Waals surface area (Å²) in [5.74, 6) is -2.10. The molecule has 0 aliphatic rings. The van der Waals surface area contributed by atoms with Gasteiger partial charge in [-0.2, -0.15) is 0 Å². The molecule has 1 aromatic rings. The van der Waals surface area contributed by atoms with Crippen LogP contribution >= 0.6 is 11.8 Å². The van der Waals surface area contributed by atoms with E-state index < -0.39 is 21.9 Å². The number of amides is 1.